The van der Waals surface area contributed by atoms with Crippen LogP contribution in [-0.2, 0) is 0 Å². The number of nitrogens with two attached hydrogens (primary N) is 1. The predicted molar refractivity (Wildman–Crippen MR) is 56.4 cm³/mol. The van der Waals surface area contributed by atoms with Gasteiger partial charge >= 0.3 is 0 Å². The van der Waals surface area contributed by atoms with Crippen LogP contribution in [0, 0.1) is 0 Å². The van der Waals surface area contributed by atoms with E-state index in [4.69, 9.17) is 26.8 Å². The van der Waals surface area contributed by atoms with Crippen LogP contribution in [0.2, 0.25) is 5.02 Å². The number of benzene rings is 1. The van der Waals surface area contributed by atoms with E-state index >= 15 is 0 Å². The second-order valence-electron chi connectivity index (χ2n) is 3.36. The van der Waals surface area contributed by atoms with Crippen molar-refractivity contribution in [1.29, 1.82) is 0 Å². The van der Waals surface area contributed by atoms with E-state index in [0.29, 0.717) is 16.5 Å². The van der Waals surface area contributed by atoms with Gasteiger partial charge in [-0.2, -0.15) is 0 Å². The highest BCUT2D eigenvalue weighted by atomic mass is 35.5. The third kappa shape index (κ3) is 2.17. The van der Waals surface area contributed by atoms with Crippen LogP contribution in [0.3, 0.4) is 0 Å². The zero-order valence-corrected chi connectivity index (χ0v) is 8.78. The van der Waals surface area contributed by atoms with Crippen LogP contribution in [0.1, 0.15) is 0 Å². The number of aliphatic hydroxyl groups is 1. The van der Waals surface area contributed by atoms with Crippen LogP contribution in [-0.4, -0.2) is 30.5 Å². The standard InChI is InChI=1S/C10H12ClNO3/c11-6-1-2-8-9(3-6)14-5-10(15-8)7(13)4-12/h1-3,7,10,13H,4-5,12H2. The molecule has 0 bridgehead atoms. The number of fused-ring (bicyclic) bond motifs is 1. The van der Waals surface area contributed by atoms with E-state index in [-0.39, 0.29) is 13.2 Å². The second-order valence-corrected chi connectivity index (χ2v) is 3.80. The molecule has 0 saturated carbocycles. The van der Waals surface area contributed by atoms with Gasteiger partial charge < -0.3 is 20.3 Å². The van der Waals surface area contributed by atoms with Gasteiger partial charge in [0.25, 0.3) is 0 Å². The van der Waals surface area contributed by atoms with Gasteiger partial charge in [-0.05, 0) is 12.1 Å². The molecule has 82 valence electrons. The Balaban J connectivity index is 2.16. The van der Waals surface area contributed by atoms with Gasteiger partial charge in [-0.15, -0.1) is 0 Å². The second kappa shape index (κ2) is 4.26. The maximum Gasteiger partial charge on any atom is 0.162 e. The number of hydrogen-bond donors (Lipinski definition) is 2. The van der Waals surface area contributed by atoms with Gasteiger partial charge in [0, 0.05) is 17.6 Å². The van der Waals surface area contributed by atoms with E-state index < -0.39 is 12.2 Å². The average molecular weight is 230 g/mol. The molecule has 0 spiro atoms. The normalized spacial score (nSPS) is 21.1. The minimum Gasteiger partial charge on any atom is -0.486 e. The van der Waals surface area contributed by atoms with Crippen LogP contribution < -0.4 is 15.2 Å². The SMILES string of the molecule is NCC(O)C1COc2cc(Cl)ccc2O1. The summed E-state index contributed by atoms with van der Waals surface area (Å²) >= 11 is 5.80. The topological polar surface area (TPSA) is 64.7 Å². The van der Waals surface area contributed by atoms with Gasteiger partial charge in [0.2, 0.25) is 0 Å². The maximum atomic E-state index is 9.51. The summed E-state index contributed by atoms with van der Waals surface area (Å²) in [6.07, 6.45) is -1.13. The smallest absolute Gasteiger partial charge is 0.162 e. The molecule has 2 unspecified atom stereocenters. The Kier molecular flexibility index (Phi) is 3.00. The molecular formula is C10H12ClNO3. The van der Waals surface area contributed by atoms with Crippen LogP contribution in [0.4, 0.5) is 0 Å². The monoisotopic (exact) mass is 229 g/mol. The number of hydrogen-bond acceptors (Lipinski definition) is 4. The Morgan fingerprint density at radius 3 is 3.07 bits per heavy atom. The summed E-state index contributed by atoms with van der Waals surface area (Å²) < 4.78 is 10.9. The summed E-state index contributed by atoms with van der Waals surface area (Å²) in [7, 11) is 0. The molecule has 0 radical (unpaired) electrons. The van der Waals surface area contributed by atoms with Crippen molar-refractivity contribution in [2.75, 3.05) is 13.2 Å². The van der Waals surface area contributed by atoms with Gasteiger partial charge in [0.15, 0.2) is 17.6 Å². The molecule has 0 fully saturated rings. The van der Waals surface area contributed by atoms with E-state index in [9.17, 15) is 5.11 Å². The number of ether oxygens (including phenoxy) is 2. The fraction of sp³-hybridized carbons (Fsp3) is 0.400. The van der Waals surface area contributed by atoms with Crippen molar-refractivity contribution >= 4 is 11.6 Å². The lowest BCUT2D eigenvalue weighted by Gasteiger charge is -2.29. The molecule has 5 heteroatoms. The molecule has 1 heterocycles. The molecular weight excluding hydrogens is 218 g/mol. The number of halogens is 1. The zero-order chi connectivity index (χ0) is 10.8. The van der Waals surface area contributed by atoms with E-state index in [1.165, 1.54) is 0 Å². The molecule has 1 aromatic carbocycles. The van der Waals surface area contributed by atoms with Gasteiger partial charge in [-0.25, -0.2) is 0 Å². The number of rotatable bonds is 2. The molecule has 3 N–H and O–H groups in total. The Labute approximate surface area is 92.5 Å². The largest absolute Gasteiger partial charge is 0.486 e. The predicted octanol–water partition coefficient (Wildman–Crippen LogP) is 0.799. The molecule has 0 amide bonds. The lowest BCUT2D eigenvalue weighted by Crippen LogP contribution is -2.43. The van der Waals surface area contributed by atoms with Gasteiger partial charge in [-0.1, -0.05) is 11.6 Å². The minimum atomic E-state index is -0.714. The highest BCUT2D eigenvalue weighted by molar-refractivity contribution is 6.30. The fourth-order valence-corrected chi connectivity index (χ4v) is 1.56. The highest BCUT2D eigenvalue weighted by Crippen LogP contribution is 2.34. The van der Waals surface area contributed by atoms with E-state index in [1.807, 2.05) is 0 Å². The lowest BCUT2D eigenvalue weighted by molar-refractivity contribution is -0.00530. The third-order valence-electron chi connectivity index (χ3n) is 2.26. The first-order valence-corrected chi connectivity index (χ1v) is 5.05. The molecule has 15 heavy (non-hydrogen) atoms. The minimum absolute atomic E-state index is 0.150. The molecule has 1 aliphatic rings. The molecule has 2 rings (SSSR count). The Morgan fingerprint density at radius 2 is 2.33 bits per heavy atom. The average Bonchev–Trinajstić information content (AvgIpc) is 2.27. The van der Waals surface area contributed by atoms with Crippen LogP contribution in [0.15, 0.2) is 18.2 Å². The van der Waals surface area contributed by atoms with Crippen molar-refractivity contribution in [3.05, 3.63) is 23.2 Å². The molecule has 2 atom stereocenters. The fourth-order valence-electron chi connectivity index (χ4n) is 1.40. The van der Waals surface area contributed by atoms with E-state index in [0.717, 1.165) is 0 Å². The number of aliphatic hydroxyl groups excluding tert-OH is 1. The molecule has 1 aliphatic heterocycles. The van der Waals surface area contributed by atoms with Crippen molar-refractivity contribution < 1.29 is 14.6 Å². The molecule has 4 nitrogen and oxygen atoms in total. The maximum absolute atomic E-state index is 9.51. The first kappa shape index (κ1) is 10.5. The van der Waals surface area contributed by atoms with Crippen molar-refractivity contribution in [2.24, 2.45) is 5.73 Å². The first-order chi connectivity index (χ1) is 7.20. The molecule has 0 saturated heterocycles. The van der Waals surface area contributed by atoms with E-state index in [1.54, 1.807) is 18.2 Å². The summed E-state index contributed by atoms with van der Waals surface area (Å²) in [4.78, 5) is 0. The van der Waals surface area contributed by atoms with Crippen LogP contribution in [0.25, 0.3) is 0 Å². The van der Waals surface area contributed by atoms with Crippen molar-refractivity contribution in [3.8, 4) is 11.5 Å². The van der Waals surface area contributed by atoms with Gasteiger partial charge in [-0.3, -0.25) is 0 Å². The summed E-state index contributed by atoms with van der Waals surface area (Å²) in [6.45, 7) is 0.433. The summed E-state index contributed by atoms with van der Waals surface area (Å²) in [6, 6.07) is 5.11. The first-order valence-electron chi connectivity index (χ1n) is 4.68. The Morgan fingerprint density at radius 1 is 1.53 bits per heavy atom. The molecule has 0 aliphatic carbocycles. The van der Waals surface area contributed by atoms with Gasteiger partial charge in [0.1, 0.15) is 12.7 Å². The van der Waals surface area contributed by atoms with Crippen LogP contribution >= 0.6 is 11.6 Å². The lowest BCUT2D eigenvalue weighted by atomic mass is 10.2. The summed E-state index contributed by atoms with van der Waals surface area (Å²) in [5.41, 5.74) is 5.34. The highest BCUT2D eigenvalue weighted by Gasteiger charge is 2.26. The van der Waals surface area contributed by atoms with Gasteiger partial charge in [0.05, 0.1) is 0 Å². The summed E-state index contributed by atoms with van der Waals surface area (Å²) in [5, 5.41) is 10.1. The van der Waals surface area contributed by atoms with Crippen molar-refractivity contribution in [3.63, 3.8) is 0 Å². The quantitative estimate of drug-likeness (QED) is 0.788. The Hall–Kier alpha value is -0.970. The third-order valence-corrected chi connectivity index (χ3v) is 2.49. The van der Waals surface area contributed by atoms with E-state index in [2.05, 4.69) is 0 Å². The van der Waals surface area contributed by atoms with Crippen molar-refractivity contribution in [2.45, 2.75) is 12.2 Å². The summed E-state index contributed by atoms with van der Waals surface area (Å²) in [5.74, 6) is 1.19. The van der Waals surface area contributed by atoms with Crippen molar-refractivity contribution in [1.82, 2.24) is 0 Å². The molecule has 1 aromatic rings. The van der Waals surface area contributed by atoms with Crippen LogP contribution in [0.5, 0.6) is 11.5 Å². The zero-order valence-electron chi connectivity index (χ0n) is 8.02. The molecule has 0 aromatic heterocycles. The Bertz CT molecular complexity index is 359.